The molecule has 1 aromatic heterocycles. The molecule has 0 aliphatic rings. The van der Waals surface area contributed by atoms with Crippen LogP contribution in [0.25, 0.3) is 17.0 Å². The number of likely N-dealkylation sites (N-methyl/N-ethyl adjacent to an activating group) is 1. The number of aryl methyl sites for hydroxylation is 1. The molecule has 0 amide bonds. The Morgan fingerprint density at radius 1 is 1.37 bits per heavy atom. The third kappa shape index (κ3) is 3.55. The number of pyridine rings is 1. The van der Waals surface area contributed by atoms with Crippen molar-refractivity contribution in [3.05, 3.63) is 46.6 Å². The molecule has 0 saturated heterocycles. The van der Waals surface area contributed by atoms with Crippen molar-refractivity contribution in [2.75, 3.05) is 6.54 Å². The molecule has 2 rings (SSSR count). The van der Waals surface area contributed by atoms with Gasteiger partial charge in [0, 0.05) is 17.0 Å². The summed E-state index contributed by atoms with van der Waals surface area (Å²) in [6.45, 7) is 7.22. The highest BCUT2D eigenvalue weighted by atomic mass is 35.5. The summed E-state index contributed by atoms with van der Waals surface area (Å²) in [7, 11) is 0. The number of nitrogens with one attached hydrogen (secondary N) is 1. The third-order valence-corrected chi connectivity index (χ3v) is 3.35. The van der Waals surface area contributed by atoms with Gasteiger partial charge in [-0.15, -0.1) is 0 Å². The first-order valence-corrected chi connectivity index (χ1v) is 6.96. The number of nitrogens with zero attached hydrogens (tertiary/aromatic N) is 1. The van der Waals surface area contributed by atoms with Crippen LogP contribution < -0.4 is 5.32 Å². The van der Waals surface area contributed by atoms with Gasteiger partial charge in [-0.2, -0.15) is 0 Å². The standard InChI is InChI=1S/C16H19ClN2/c1-4-18-12(3)6-8-14-10-13-7-5-11(2)9-15(13)19-16(14)17/h5-10,12,18H,4H2,1-3H3/b8-6+. The van der Waals surface area contributed by atoms with Crippen molar-refractivity contribution >= 4 is 28.6 Å². The summed E-state index contributed by atoms with van der Waals surface area (Å²) >= 11 is 6.23. The molecule has 0 spiro atoms. The molecule has 0 radical (unpaired) electrons. The van der Waals surface area contributed by atoms with Crippen LogP contribution in [0.15, 0.2) is 30.3 Å². The highest BCUT2D eigenvalue weighted by Crippen LogP contribution is 2.22. The molecule has 2 aromatic rings. The van der Waals surface area contributed by atoms with Crippen LogP contribution >= 0.6 is 11.6 Å². The molecule has 3 heteroatoms. The minimum absolute atomic E-state index is 0.329. The highest BCUT2D eigenvalue weighted by Gasteiger charge is 2.03. The van der Waals surface area contributed by atoms with E-state index in [1.54, 1.807) is 0 Å². The van der Waals surface area contributed by atoms with Crippen LogP contribution in [0.3, 0.4) is 0 Å². The zero-order valence-electron chi connectivity index (χ0n) is 11.6. The molecular formula is C16H19ClN2. The lowest BCUT2D eigenvalue weighted by Gasteiger charge is -2.07. The Kier molecular flexibility index (Phi) is 4.56. The second kappa shape index (κ2) is 6.18. The van der Waals surface area contributed by atoms with E-state index >= 15 is 0 Å². The number of hydrogen-bond donors (Lipinski definition) is 1. The molecule has 1 N–H and O–H groups in total. The number of hydrogen-bond acceptors (Lipinski definition) is 2. The summed E-state index contributed by atoms with van der Waals surface area (Å²) < 4.78 is 0. The van der Waals surface area contributed by atoms with E-state index in [4.69, 9.17) is 11.6 Å². The Morgan fingerprint density at radius 2 is 2.16 bits per heavy atom. The van der Waals surface area contributed by atoms with E-state index in [-0.39, 0.29) is 0 Å². The SMILES string of the molecule is CCNC(C)/C=C/c1cc2ccc(C)cc2nc1Cl. The number of benzene rings is 1. The minimum atomic E-state index is 0.329. The summed E-state index contributed by atoms with van der Waals surface area (Å²) in [6, 6.07) is 8.64. The summed E-state index contributed by atoms with van der Waals surface area (Å²) in [6.07, 6.45) is 4.13. The summed E-state index contributed by atoms with van der Waals surface area (Å²) in [5, 5.41) is 5.00. The van der Waals surface area contributed by atoms with Crippen LogP contribution in [0.2, 0.25) is 5.15 Å². The largest absolute Gasteiger partial charge is 0.311 e. The summed E-state index contributed by atoms with van der Waals surface area (Å²) in [4.78, 5) is 4.45. The Balaban J connectivity index is 2.33. The molecule has 0 bridgehead atoms. The quantitative estimate of drug-likeness (QED) is 0.845. The van der Waals surface area contributed by atoms with E-state index in [0.29, 0.717) is 11.2 Å². The average molecular weight is 275 g/mol. The van der Waals surface area contributed by atoms with Crippen LogP contribution in [-0.4, -0.2) is 17.6 Å². The second-order valence-electron chi connectivity index (χ2n) is 4.77. The van der Waals surface area contributed by atoms with Gasteiger partial charge in [0.25, 0.3) is 0 Å². The zero-order chi connectivity index (χ0) is 13.8. The monoisotopic (exact) mass is 274 g/mol. The van der Waals surface area contributed by atoms with Gasteiger partial charge in [-0.1, -0.05) is 42.8 Å². The van der Waals surface area contributed by atoms with Gasteiger partial charge in [-0.3, -0.25) is 0 Å². The molecule has 0 aliphatic carbocycles. The Labute approximate surface area is 119 Å². The van der Waals surface area contributed by atoms with E-state index in [9.17, 15) is 0 Å². The van der Waals surface area contributed by atoms with Gasteiger partial charge in [-0.25, -0.2) is 4.98 Å². The van der Waals surface area contributed by atoms with Crippen molar-refractivity contribution in [3.8, 4) is 0 Å². The average Bonchev–Trinajstić information content (AvgIpc) is 2.36. The molecule has 1 heterocycles. The highest BCUT2D eigenvalue weighted by molar-refractivity contribution is 6.31. The second-order valence-corrected chi connectivity index (χ2v) is 5.13. The predicted molar refractivity (Wildman–Crippen MR) is 83.7 cm³/mol. The summed E-state index contributed by atoms with van der Waals surface area (Å²) in [5.41, 5.74) is 3.10. The van der Waals surface area contributed by atoms with Gasteiger partial charge in [0.1, 0.15) is 5.15 Å². The first-order valence-electron chi connectivity index (χ1n) is 6.58. The maximum absolute atomic E-state index is 6.23. The van der Waals surface area contributed by atoms with Crippen LogP contribution in [0.4, 0.5) is 0 Å². The number of halogens is 1. The van der Waals surface area contributed by atoms with Crippen molar-refractivity contribution in [1.82, 2.24) is 10.3 Å². The van der Waals surface area contributed by atoms with Crippen molar-refractivity contribution in [1.29, 1.82) is 0 Å². The van der Waals surface area contributed by atoms with Gasteiger partial charge in [0.15, 0.2) is 0 Å². The van der Waals surface area contributed by atoms with Crippen molar-refractivity contribution in [2.45, 2.75) is 26.8 Å². The summed E-state index contributed by atoms with van der Waals surface area (Å²) in [5.74, 6) is 0. The van der Waals surface area contributed by atoms with Gasteiger partial charge in [-0.05, 0) is 38.1 Å². The van der Waals surface area contributed by atoms with E-state index in [2.05, 4.69) is 61.4 Å². The Hall–Kier alpha value is -1.38. The van der Waals surface area contributed by atoms with Gasteiger partial charge in [0.2, 0.25) is 0 Å². The van der Waals surface area contributed by atoms with E-state index in [1.165, 1.54) is 5.56 Å². The molecule has 0 fully saturated rings. The lowest BCUT2D eigenvalue weighted by molar-refractivity contribution is 0.663. The maximum atomic E-state index is 6.23. The molecule has 2 nitrogen and oxygen atoms in total. The molecule has 1 atom stereocenters. The Morgan fingerprint density at radius 3 is 2.89 bits per heavy atom. The van der Waals surface area contributed by atoms with Crippen LogP contribution in [0, 0.1) is 6.92 Å². The van der Waals surface area contributed by atoms with Gasteiger partial charge >= 0.3 is 0 Å². The molecule has 0 saturated carbocycles. The molecule has 0 aliphatic heterocycles. The lowest BCUT2D eigenvalue weighted by atomic mass is 10.1. The molecule has 1 aromatic carbocycles. The first kappa shape index (κ1) is 14.0. The molecule has 19 heavy (non-hydrogen) atoms. The number of aromatic nitrogens is 1. The van der Waals surface area contributed by atoms with Crippen molar-refractivity contribution in [2.24, 2.45) is 0 Å². The fraction of sp³-hybridized carbons (Fsp3) is 0.312. The molecule has 100 valence electrons. The fourth-order valence-electron chi connectivity index (χ4n) is 2.02. The van der Waals surface area contributed by atoms with E-state index in [0.717, 1.165) is 23.0 Å². The Bertz CT molecular complexity index is 605. The van der Waals surface area contributed by atoms with Crippen molar-refractivity contribution in [3.63, 3.8) is 0 Å². The number of fused-ring (bicyclic) bond motifs is 1. The first-order chi connectivity index (χ1) is 9.10. The molecular weight excluding hydrogens is 256 g/mol. The van der Waals surface area contributed by atoms with Crippen molar-refractivity contribution < 1.29 is 0 Å². The van der Waals surface area contributed by atoms with Gasteiger partial charge in [0.05, 0.1) is 5.52 Å². The lowest BCUT2D eigenvalue weighted by Crippen LogP contribution is -2.22. The minimum Gasteiger partial charge on any atom is -0.311 e. The van der Waals surface area contributed by atoms with E-state index in [1.807, 2.05) is 6.08 Å². The zero-order valence-corrected chi connectivity index (χ0v) is 12.3. The topological polar surface area (TPSA) is 24.9 Å². The third-order valence-electron chi connectivity index (χ3n) is 3.04. The maximum Gasteiger partial charge on any atom is 0.136 e. The smallest absolute Gasteiger partial charge is 0.136 e. The van der Waals surface area contributed by atoms with Crippen LogP contribution in [-0.2, 0) is 0 Å². The molecule has 1 unspecified atom stereocenters. The van der Waals surface area contributed by atoms with Crippen LogP contribution in [0.1, 0.15) is 25.0 Å². The van der Waals surface area contributed by atoms with E-state index < -0.39 is 0 Å². The number of rotatable bonds is 4. The van der Waals surface area contributed by atoms with Crippen LogP contribution in [0.5, 0.6) is 0 Å². The normalized spacial score (nSPS) is 13.3. The predicted octanol–water partition coefficient (Wildman–Crippen LogP) is 4.21. The van der Waals surface area contributed by atoms with Gasteiger partial charge < -0.3 is 5.32 Å². The fourth-order valence-corrected chi connectivity index (χ4v) is 2.23.